The number of aromatic nitrogens is 2. The van der Waals surface area contributed by atoms with E-state index in [-0.39, 0.29) is 17.0 Å². The third kappa shape index (κ3) is 4.13. The van der Waals surface area contributed by atoms with Gasteiger partial charge in [0.15, 0.2) is 0 Å². The first-order valence-corrected chi connectivity index (χ1v) is 10.1. The lowest BCUT2D eigenvalue weighted by Gasteiger charge is -2.10. The van der Waals surface area contributed by atoms with Crippen LogP contribution in [0.3, 0.4) is 0 Å². The van der Waals surface area contributed by atoms with Crippen molar-refractivity contribution in [3.05, 3.63) is 77.4 Å². The lowest BCUT2D eigenvalue weighted by atomic mass is 10.1. The highest BCUT2D eigenvalue weighted by Crippen LogP contribution is 2.17. The van der Waals surface area contributed by atoms with Crippen LogP contribution in [0.25, 0.3) is 5.69 Å². The fraction of sp³-hybridized carbons (Fsp3) is 0.200. The first-order chi connectivity index (χ1) is 13.3. The van der Waals surface area contributed by atoms with Crippen molar-refractivity contribution < 1.29 is 17.9 Å². The van der Waals surface area contributed by atoms with Gasteiger partial charge in [0.2, 0.25) is 10.0 Å². The summed E-state index contributed by atoms with van der Waals surface area (Å²) in [6, 6.07) is 11.9. The Morgan fingerprint density at radius 2 is 1.86 bits per heavy atom. The van der Waals surface area contributed by atoms with Crippen LogP contribution in [0.4, 0.5) is 0 Å². The van der Waals surface area contributed by atoms with E-state index in [1.807, 2.05) is 42.0 Å². The summed E-state index contributed by atoms with van der Waals surface area (Å²) < 4.78 is 34.4. The SMILES string of the molecule is COC(=O)c1cc(S(=O)(=O)NCc2ccc(-n3ccnc3C)cc2)ccc1C. The summed E-state index contributed by atoms with van der Waals surface area (Å²) in [5.74, 6) is 0.300. The Balaban J connectivity index is 1.75. The second-order valence-corrected chi connectivity index (χ2v) is 8.07. The Kier molecular flexibility index (Phi) is 5.62. The van der Waals surface area contributed by atoms with Crippen molar-refractivity contribution in [2.45, 2.75) is 25.3 Å². The number of aryl methyl sites for hydroxylation is 2. The molecule has 0 amide bonds. The van der Waals surface area contributed by atoms with Crippen molar-refractivity contribution in [3.63, 3.8) is 0 Å². The van der Waals surface area contributed by atoms with Crippen molar-refractivity contribution in [2.75, 3.05) is 7.11 Å². The molecular formula is C20H21N3O4S. The van der Waals surface area contributed by atoms with Crippen LogP contribution >= 0.6 is 0 Å². The number of esters is 1. The van der Waals surface area contributed by atoms with E-state index in [0.29, 0.717) is 5.56 Å². The molecule has 0 aliphatic carbocycles. The number of carbonyl (C=O) groups is 1. The minimum Gasteiger partial charge on any atom is -0.465 e. The van der Waals surface area contributed by atoms with Crippen LogP contribution in [0.2, 0.25) is 0 Å². The molecule has 3 rings (SSSR count). The summed E-state index contributed by atoms with van der Waals surface area (Å²) in [5.41, 5.74) is 2.63. The smallest absolute Gasteiger partial charge is 0.338 e. The monoisotopic (exact) mass is 399 g/mol. The maximum absolute atomic E-state index is 12.6. The van der Waals surface area contributed by atoms with E-state index in [0.717, 1.165) is 17.1 Å². The zero-order valence-corrected chi connectivity index (χ0v) is 16.7. The Morgan fingerprint density at radius 3 is 2.46 bits per heavy atom. The number of ether oxygens (including phenoxy) is 1. The van der Waals surface area contributed by atoms with Gasteiger partial charge >= 0.3 is 5.97 Å². The summed E-state index contributed by atoms with van der Waals surface area (Å²) in [6.45, 7) is 3.76. The van der Waals surface area contributed by atoms with Crippen LogP contribution in [-0.2, 0) is 21.3 Å². The van der Waals surface area contributed by atoms with Crippen LogP contribution in [-0.4, -0.2) is 31.0 Å². The molecular weight excluding hydrogens is 378 g/mol. The van der Waals surface area contributed by atoms with Gasteiger partial charge in [0, 0.05) is 24.6 Å². The number of carbonyl (C=O) groups excluding carboxylic acids is 1. The molecule has 0 saturated carbocycles. The Morgan fingerprint density at radius 1 is 1.14 bits per heavy atom. The molecule has 0 radical (unpaired) electrons. The Bertz CT molecular complexity index is 1100. The van der Waals surface area contributed by atoms with Gasteiger partial charge in [-0.05, 0) is 49.2 Å². The van der Waals surface area contributed by atoms with Gasteiger partial charge in [0.05, 0.1) is 17.6 Å². The Hall–Kier alpha value is -2.97. The number of methoxy groups -OCH3 is 1. The highest BCUT2D eigenvalue weighted by molar-refractivity contribution is 7.89. The van der Waals surface area contributed by atoms with Gasteiger partial charge in [-0.1, -0.05) is 18.2 Å². The number of nitrogens with zero attached hydrogens (tertiary/aromatic N) is 2. The second kappa shape index (κ2) is 7.95. The van der Waals surface area contributed by atoms with Gasteiger partial charge in [-0.15, -0.1) is 0 Å². The molecule has 0 fully saturated rings. The molecule has 0 aliphatic heterocycles. The molecule has 0 spiro atoms. The summed E-state index contributed by atoms with van der Waals surface area (Å²) in [4.78, 5) is 16.0. The molecule has 146 valence electrons. The Labute approximate surface area is 164 Å². The standard InChI is InChI=1S/C20H21N3O4S/c1-14-4-9-18(12-19(14)20(24)27-3)28(25,26)22-13-16-5-7-17(8-6-16)23-11-10-21-15(23)2/h4-12,22H,13H2,1-3H3. The highest BCUT2D eigenvalue weighted by Gasteiger charge is 2.18. The van der Waals surface area contributed by atoms with Crippen LogP contribution in [0.1, 0.15) is 27.3 Å². The molecule has 7 nitrogen and oxygen atoms in total. The van der Waals surface area contributed by atoms with E-state index in [1.165, 1.54) is 19.2 Å². The molecule has 0 unspecified atom stereocenters. The number of imidazole rings is 1. The van der Waals surface area contributed by atoms with Gasteiger partial charge in [0.1, 0.15) is 5.82 Å². The van der Waals surface area contributed by atoms with E-state index < -0.39 is 16.0 Å². The van der Waals surface area contributed by atoms with Crippen LogP contribution in [0.5, 0.6) is 0 Å². The first-order valence-electron chi connectivity index (χ1n) is 8.60. The van der Waals surface area contributed by atoms with Crippen LogP contribution in [0.15, 0.2) is 59.8 Å². The summed E-state index contributed by atoms with van der Waals surface area (Å²) in [7, 11) is -2.51. The first kappa shape index (κ1) is 19.8. The molecule has 8 heteroatoms. The predicted octanol–water partition coefficient (Wildman–Crippen LogP) is 2.75. The largest absolute Gasteiger partial charge is 0.465 e. The molecule has 1 heterocycles. The van der Waals surface area contributed by atoms with Gasteiger partial charge in [-0.2, -0.15) is 0 Å². The normalized spacial score (nSPS) is 11.4. The molecule has 0 saturated heterocycles. The number of benzene rings is 2. The zero-order valence-electron chi connectivity index (χ0n) is 15.8. The van der Waals surface area contributed by atoms with E-state index in [1.54, 1.807) is 19.2 Å². The average molecular weight is 399 g/mol. The average Bonchev–Trinajstić information content (AvgIpc) is 3.12. The molecule has 1 N–H and O–H groups in total. The van der Waals surface area contributed by atoms with Gasteiger partial charge in [0.25, 0.3) is 0 Å². The van der Waals surface area contributed by atoms with Gasteiger partial charge in [-0.3, -0.25) is 0 Å². The van der Waals surface area contributed by atoms with Crippen LogP contribution < -0.4 is 4.72 Å². The highest BCUT2D eigenvalue weighted by atomic mass is 32.2. The third-order valence-electron chi connectivity index (χ3n) is 4.43. The minimum absolute atomic E-state index is 0.0177. The van der Waals surface area contributed by atoms with Crippen molar-refractivity contribution in [2.24, 2.45) is 0 Å². The van der Waals surface area contributed by atoms with Crippen molar-refractivity contribution >= 4 is 16.0 Å². The molecule has 0 bridgehead atoms. The zero-order chi connectivity index (χ0) is 20.3. The number of hydrogen-bond acceptors (Lipinski definition) is 5. The van der Waals surface area contributed by atoms with E-state index in [9.17, 15) is 13.2 Å². The number of rotatable bonds is 6. The summed E-state index contributed by atoms with van der Waals surface area (Å²) >= 11 is 0. The number of sulfonamides is 1. The van der Waals surface area contributed by atoms with E-state index in [2.05, 4.69) is 9.71 Å². The molecule has 28 heavy (non-hydrogen) atoms. The quantitative estimate of drug-likeness (QED) is 0.644. The third-order valence-corrected chi connectivity index (χ3v) is 5.83. The van der Waals surface area contributed by atoms with E-state index in [4.69, 9.17) is 4.74 Å². The molecule has 0 atom stereocenters. The van der Waals surface area contributed by atoms with Gasteiger partial charge < -0.3 is 9.30 Å². The molecule has 1 aromatic heterocycles. The topological polar surface area (TPSA) is 90.3 Å². The molecule has 3 aromatic rings. The van der Waals surface area contributed by atoms with Crippen molar-refractivity contribution in [1.29, 1.82) is 0 Å². The van der Waals surface area contributed by atoms with E-state index >= 15 is 0 Å². The fourth-order valence-corrected chi connectivity index (χ4v) is 3.83. The van der Waals surface area contributed by atoms with Crippen molar-refractivity contribution in [3.8, 4) is 5.69 Å². The lowest BCUT2D eigenvalue weighted by molar-refractivity contribution is 0.0599. The number of hydrogen-bond donors (Lipinski definition) is 1. The number of nitrogens with one attached hydrogen (secondary N) is 1. The molecule has 0 aliphatic rings. The molecule has 2 aromatic carbocycles. The minimum atomic E-state index is -3.77. The van der Waals surface area contributed by atoms with Crippen molar-refractivity contribution in [1.82, 2.24) is 14.3 Å². The second-order valence-electron chi connectivity index (χ2n) is 6.30. The maximum Gasteiger partial charge on any atom is 0.338 e. The maximum atomic E-state index is 12.6. The summed E-state index contributed by atoms with van der Waals surface area (Å²) in [6.07, 6.45) is 3.59. The van der Waals surface area contributed by atoms with Gasteiger partial charge in [-0.25, -0.2) is 22.9 Å². The van der Waals surface area contributed by atoms with Crippen LogP contribution in [0, 0.1) is 13.8 Å². The lowest BCUT2D eigenvalue weighted by Crippen LogP contribution is -2.23. The summed E-state index contributed by atoms with van der Waals surface area (Å²) in [5, 5.41) is 0. The fourth-order valence-electron chi connectivity index (χ4n) is 2.79. The predicted molar refractivity (Wildman–Crippen MR) is 105 cm³/mol.